The van der Waals surface area contributed by atoms with Gasteiger partial charge in [-0.2, -0.15) is 0 Å². The molecule has 0 saturated heterocycles. The lowest BCUT2D eigenvalue weighted by molar-refractivity contribution is -0.182. The minimum atomic E-state index is -0.991. The first-order valence-electron chi connectivity index (χ1n) is 12.5. The Bertz CT molecular complexity index is 794. The molecule has 4 bridgehead atoms. The summed E-state index contributed by atoms with van der Waals surface area (Å²) in [4.78, 5) is 0. The van der Waals surface area contributed by atoms with E-state index in [1.165, 1.54) is 51.4 Å². The zero-order chi connectivity index (χ0) is 21.2. The second-order valence-electron chi connectivity index (χ2n) is 12.5. The lowest BCUT2D eigenvalue weighted by Gasteiger charge is -2.57. The molecule has 0 aromatic carbocycles. The Morgan fingerprint density at radius 3 is 2.67 bits per heavy atom. The second kappa shape index (κ2) is 5.85. The van der Waals surface area contributed by atoms with E-state index in [1.807, 2.05) is 0 Å². The van der Waals surface area contributed by atoms with Crippen LogP contribution in [0.1, 0.15) is 78.1 Å². The van der Waals surface area contributed by atoms with Crippen LogP contribution >= 0.6 is 0 Å². The van der Waals surface area contributed by atoms with Gasteiger partial charge in [0.25, 0.3) is 0 Å². The first kappa shape index (κ1) is 20.1. The summed E-state index contributed by atoms with van der Waals surface area (Å²) in [7, 11) is 1.68. The number of hydrogen-bond donors (Lipinski definition) is 3. The summed E-state index contributed by atoms with van der Waals surface area (Å²) < 4.78 is 5.79. The molecule has 4 heteroatoms. The standard InChI is InChI=1S/C26H40O4/c1-22-14-16-6-9-25(11-10-24(15-25)8-4-5-17(24)7-12-27)23(22,2)20(16)21-18(28)13-19(30-3)26(21,22)29/h13,16-17,19-21,27-29H,4-12,14-15H2,1-3H3/t16-,17+,19+,20-,21-,22-,23-,24+,25-,26+/m0/s1. The minimum absolute atomic E-state index is 0.0250. The highest BCUT2D eigenvalue weighted by Gasteiger charge is 2.86. The van der Waals surface area contributed by atoms with Crippen LogP contribution in [0, 0.1) is 45.3 Å². The van der Waals surface area contributed by atoms with Crippen molar-refractivity contribution in [1.29, 1.82) is 0 Å². The second-order valence-corrected chi connectivity index (χ2v) is 12.5. The average Bonchev–Trinajstić information content (AvgIpc) is 3.43. The summed E-state index contributed by atoms with van der Waals surface area (Å²) >= 11 is 0. The molecule has 5 fully saturated rings. The van der Waals surface area contributed by atoms with Crippen LogP contribution in [-0.4, -0.2) is 40.7 Å². The van der Waals surface area contributed by atoms with Crippen LogP contribution in [0.15, 0.2) is 11.8 Å². The lowest BCUT2D eigenvalue weighted by Crippen LogP contribution is -2.59. The monoisotopic (exact) mass is 416 g/mol. The number of ether oxygens (including phenoxy) is 1. The highest BCUT2D eigenvalue weighted by atomic mass is 16.5. The van der Waals surface area contributed by atoms with Gasteiger partial charge in [0, 0.05) is 19.1 Å². The van der Waals surface area contributed by atoms with E-state index < -0.39 is 11.7 Å². The largest absolute Gasteiger partial charge is 0.512 e. The Morgan fingerprint density at radius 2 is 1.93 bits per heavy atom. The number of fused-ring (bicyclic) bond motifs is 2. The van der Waals surface area contributed by atoms with Crippen LogP contribution in [0.5, 0.6) is 0 Å². The normalized spacial score (nSPS) is 60.7. The molecule has 4 nitrogen and oxygen atoms in total. The zero-order valence-corrected chi connectivity index (χ0v) is 19.0. The topological polar surface area (TPSA) is 69.9 Å². The van der Waals surface area contributed by atoms with Crippen molar-refractivity contribution in [3.05, 3.63) is 11.8 Å². The SMILES string of the molecule is CO[C@@H]1C=C(O)[C@H]2[C@@H]3[C@H]4CC[C@@]5(CC[C@]6(CCC[C@@H]6CCO)C5)[C@]3(C)[C@](C)(C4)[C@@]12O. The molecule has 6 aliphatic carbocycles. The summed E-state index contributed by atoms with van der Waals surface area (Å²) in [6, 6.07) is 0. The maximum atomic E-state index is 12.3. The van der Waals surface area contributed by atoms with Gasteiger partial charge in [0.2, 0.25) is 0 Å². The predicted octanol–water partition coefficient (Wildman–Crippen LogP) is 4.60. The Hall–Kier alpha value is -0.580. The van der Waals surface area contributed by atoms with Gasteiger partial charge in [-0.25, -0.2) is 0 Å². The average molecular weight is 417 g/mol. The number of aliphatic hydroxyl groups excluding tert-OH is 2. The molecule has 0 unspecified atom stereocenters. The highest BCUT2D eigenvalue weighted by Crippen LogP contribution is 2.87. The summed E-state index contributed by atoms with van der Waals surface area (Å²) in [5.41, 5.74) is -0.565. The van der Waals surface area contributed by atoms with Gasteiger partial charge < -0.3 is 20.1 Å². The molecule has 6 aliphatic rings. The molecule has 10 atom stereocenters. The van der Waals surface area contributed by atoms with E-state index in [9.17, 15) is 15.3 Å². The number of rotatable bonds is 3. The Balaban J connectivity index is 1.46. The highest BCUT2D eigenvalue weighted by molar-refractivity contribution is 5.41. The zero-order valence-electron chi connectivity index (χ0n) is 19.0. The third-order valence-corrected chi connectivity index (χ3v) is 12.5. The van der Waals surface area contributed by atoms with E-state index in [4.69, 9.17) is 4.74 Å². The van der Waals surface area contributed by atoms with Gasteiger partial charge in [-0.3, -0.25) is 0 Å². The molecule has 0 aromatic rings. The van der Waals surface area contributed by atoms with Crippen molar-refractivity contribution in [3.8, 4) is 0 Å². The van der Waals surface area contributed by atoms with E-state index in [0.717, 1.165) is 12.8 Å². The van der Waals surface area contributed by atoms with Crippen molar-refractivity contribution in [3.63, 3.8) is 0 Å². The van der Waals surface area contributed by atoms with Crippen molar-refractivity contribution in [1.82, 2.24) is 0 Å². The van der Waals surface area contributed by atoms with Crippen LogP contribution < -0.4 is 0 Å². The summed E-state index contributed by atoms with van der Waals surface area (Å²) in [6.07, 6.45) is 13.7. The minimum Gasteiger partial charge on any atom is -0.512 e. The van der Waals surface area contributed by atoms with Gasteiger partial charge in [0.15, 0.2) is 0 Å². The summed E-state index contributed by atoms with van der Waals surface area (Å²) in [5.74, 6) is 1.85. The van der Waals surface area contributed by atoms with Crippen molar-refractivity contribution in [2.45, 2.75) is 89.8 Å². The van der Waals surface area contributed by atoms with Crippen molar-refractivity contribution in [2.75, 3.05) is 13.7 Å². The van der Waals surface area contributed by atoms with E-state index in [1.54, 1.807) is 13.2 Å². The molecule has 5 saturated carbocycles. The van der Waals surface area contributed by atoms with Gasteiger partial charge in [-0.15, -0.1) is 0 Å². The number of hydrogen-bond acceptors (Lipinski definition) is 4. The molecular formula is C26H40O4. The molecule has 0 aromatic heterocycles. The van der Waals surface area contributed by atoms with Crippen LogP contribution in [0.3, 0.4) is 0 Å². The van der Waals surface area contributed by atoms with Gasteiger partial charge >= 0.3 is 0 Å². The fourth-order valence-electron chi connectivity index (χ4n) is 11.4. The molecule has 3 N–H and O–H groups in total. The van der Waals surface area contributed by atoms with E-state index in [-0.39, 0.29) is 22.2 Å². The Morgan fingerprint density at radius 1 is 1.13 bits per heavy atom. The molecule has 168 valence electrons. The Labute approximate surface area is 181 Å². The summed E-state index contributed by atoms with van der Waals surface area (Å²) in [6.45, 7) is 5.16. The molecule has 0 heterocycles. The summed E-state index contributed by atoms with van der Waals surface area (Å²) in [5, 5.41) is 33.0. The first-order chi connectivity index (χ1) is 14.2. The van der Waals surface area contributed by atoms with Crippen molar-refractivity contribution >= 4 is 0 Å². The first-order valence-corrected chi connectivity index (χ1v) is 12.5. The van der Waals surface area contributed by atoms with Crippen LogP contribution in [0.4, 0.5) is 0 Å². The maximum absolute atomic E-state index is 12.3. The van der Waals surface area contributed by atoms with Gasteiger partial charge in [0.05, 0.1) is 11.7 Å². The van der Waals surface area contributed by atoms with E-state index >= 15 is 0 Å². The third kappa shape index (κ3) is 1.82. The van der Waals surface area contributed by atoms with Crippen LogP contribution in [-0.2, 0) is 4.74 Å². The fraction of sp³-hybridized carbons (Fsp3) is 0.923. The fourth-order valence-corrected chi connectivity index (χ4v) is 11.4. The van der Waals surface area contributed by atoms with E-state index in [0.29, 0.717) is 35.5 Å². The van der Waals surface area contributed by atoms with Crippen molar-refractivity contribution < 1.29 is 20.1 Å². The molecule has 0 radical (unpaired) electrons. The quantitative estimate of drug-likeness (QED) is 0.629. The molecule has 2 spiro atoms. The predicted molar refractivity (Wildman–Crippen MR) is 115 cm³/mol. The van der Waals surface area contributed by atoms with Crippen LogP contribution in [0.2, 0.25) is 0 Å². The number of aliphatic hydroxyl groups is 3. The van der Waals surface area contributed by atoms with Gasteiger partial charge in [-0.1, -0.05) is 20.3 Å². The van der Waals surface area contributed by atoms with Crippen molar-refractivity contribution in [2.24, 2.45) is 45.3 Å². The molecule has 6 rings (SSSR count). The molecule has 0 aliphatic heterocycles. The Kier molecular flexibility index (Phi) is 3.91. The molecular weight excluding hydrogens is 376 g/mol. The lowest BCUT2D eigenvalue weighted by atomic mass is 9.47. The van der Waals surface area contributed by atoms with Crippen LogP contribution in [0.25, 0.3) is 0 Å². The molecule has 0 amide bonds. The number of methoxy groups -OCH3 is 1. The van der Waals surface area contributed by atoms with E-state index in [2.05, 4.69) is 13.8 Å². The third-order valence-electron chi connectivity index (χ3n) is 12.5. The maximum Gasteiger partial charge on any atom is 0.110 e. The van der Waals surface area contributed by atoms with Gasteiger partial charge in [0.1, 0.15) is 11.7 Å². The molecule has 30 heavy (non-hydrogen) atoms. The smallest absolute Gasteiger partial charge is 0.110 e. The van der Waals surface area contributed by atoms with Gasteiger partial charge in [-0.05, 0) is 97.9 Å².